The first kappa shape index (κ1) is 19.4. The van der Waals surface area contributed by atoms with Crippen LogP contribution in [0.1, 0.15) is 69.6 Å². The van der Waals surface area contributed by atoms with Gasteiger partial charge in [-0.2, -0.15) is 0 Å². The number of benzene rings is 1. The molecule has 0 aromatic heterocycles. The van der Waals surface area contributed by atoms with Gasteiger partial charge in [0.05, 0.1) is 11.7 Å². The second-order valence-corrected chi connectivity index (χ2v) is 6.65. The van der Waals surface area contributed by atoms with Gasteiger partial charge in [0.15, 0.2) is 0 Å². The largest absolute Gasteiger partial charge is 0.390 e. The molecular formula is C18H30ClNO2. The van der Waals surface area contributed by atoms with Crippen LogP contribution in [0.3, 0.4) is 0 Å². The van der Waals surface area contributed by atoms with E-state index < -0.39 is 11.7 Å². The number of aliphatic hydroxyl groups is 2. The van der Waals surface area contributed by atoms with Crippen LogP contribution in [0.4, 0.5) is 0 Å². The summed E-state index contributed by atoms with van der Waals surface area (Å²) in [5.41, 5.74) is 6.77. The van der Waals surface area contributed by atoms with Crippen LogP contribution in [-0.2, 0) is 6.42 Å². The maximum absolute atomic E-state index is 10.7. The average molecular weight is 328 g/mol. The van der Waals surface area contributed by atoms with E-state index in [2.05, 4.69) is 13.8 Å². The van der Waals surface area contributed by atoms with E-state index in [0.717, 1.165) is 49.7 Å². The summed E-state index contributed by atoms with van der Waals surface area (Å²) in [4.78, 5) is 0. The van der Waals surface area contributed by atoms with Gasteiger partial charge in [-0.3, -0.25) is 0 Å². The fourth-order valence-corrected chi connectivity index (χ4v) is 3.29. The highest BCUT2D eigenvalue weighted by atomic mass is 35.5. The molecule has 0 spiro atoms. The van der Waals surface area contributed by atoms with Gasteiger partial charge in [-0.25, -0.2) is 0 Å². The zero-order valence-corrected chi connectivity index (χ0v) is 14.6. The summed E-state index contributed by atoms with van der Waals surface area (Å²) in [6.45, 7) is 4.64. The third-order valence-electron chi connectivity index (χ3n) is 4.11. The molecule has 0 amide bonds. The maximum atomic E-state index is 10.7. The Balaban J connectivity index is 2.80. The molecule has 126 valence electrons. The number of aliphatic hydroxyl groups excluding tert-OH is 1. The number of hydrogen-bond donors (Lipinski definition) is 3. The Morgan fingerprint density at radius 1 is 1.14 bits per heavy atom. The molecule has 0 heterocycles. The lowest BCUT2D eigenvalue weighted by Gasteiger charge is -2.27. The summed E-state index contributed by atoms with van der Waals surface area (Å²) in [6.07, 6.45) is 5.04. The van der Waals surface area contributed by atoms with Gasteiger partial charge in [-0.05, 0) is 61.9 Å². The normalized spacial score (nSPS) is 13.4. The number of aryl methyl sites for hydroxylation is 1. The monoisotopic (exact) mass is 327 g/mol. The van der Waals surface area contributed by atoms with Crippen LogP contribution in [0, 0.1) is 0 Å². The van der Waals surface area contributed by atoms with Gasteiger partial charge >= 0.3 is 0 Å². The molecular weight excluding hydrogens is 298 g/mol. The van der Waals surface area contributed by atoms with E-state index in [4.69, 9.17) is 17.3 Å². The van der Waals surface area contributed by atoms with Crippen LogP contribution in [-0.4, -0.2) is 22.4 Å². The van der Waals surface area contributed by atoms with Gasteiger partial charge in [0, 0.05) is 5.02 Å². The minimum Gasteiger partial charge on any atom is -0.390 e. The third-order valence-corrected chi connectivity index (χ3v) is 4.33. The average Bonchev–Trinajstić information content (AvgIpc) is 2.45. The molecule has 1 aromatic carbocycles. The first-order chi connectivity index (χ1) is 10.4. The Kier molecular flexibility index (Phi) is 8.40. The van der Waals surface area contributed by atoms with E-state index in [-0.39, 0.29) is 0 Å². The predicted octanol–water partition coefficient (Wildman–Crippen LogP) is 3.99. The molecule has 4 N–H and O–H groups in total. The molecule has 0 fully saturated rings. The summed E-state index contributed by atoms with van der Waals surface area (Å²) in [6, 6.07) is 5.68. The van der Waals surface area contributed by atoms with Crippen molar-refractivity contribution < 1.29 is 10.2 Å². The highest BCUT2D eigenvalue weighted by Crippen LogP contribution is 2.28. The van der Waals surface area contributed by atoms with Crippen LogP contribution >= 0.6 is 11.6 Å². The molecule has 0 saturated carbocycles. The van der Waals surface area contributed by atoms with E-state index in [1.807, 2.05) is 12.1 Å². The van der Waals surface area contributed by atoms with Crippen LogP contribution in [0.25, 0.3) is 0 Å². The molecule has 1 aromatic rings. The van der Waals surface area contributed by atoms with E-state index in [0.29, 0.717) is 18.0 Å². The first-order valence-electron chi connectivity index (χ1n) is 8.34. The summed E-state index contributed by atoms with van der Waals surface area (Å²) in [5, 5.41) is 21.4. The van der Waals surface area contributed by atoms with Crippen molar-refractivity contribution in [1.82, 2.24) is 0 Å². The van der Waals surface area contributed by atoms with Gasteiger partial charge < -0.3 is 15.9 Å². The second-order valence-electron chi connectivity index (χ2n) is 6.21. The second kappa shape index (κ2) is 9.51. The fraction of sp³-hybridized carbons (Fsp3) is 0.667. The molecule has 4 heteroatoms. The quantitative estimate of drug-likeness (QED) is 0.608. The van der Waals surface area contributed by atoms with Gasteiger partial charge in [0.2, 0.25) is 0 Å². The van der Waals surface area contributed by atoms with Crippen molar-refractivity contribution in [2.45, 2.75) is 70.5 Å². The lowest BCUT2D eigenvalue weighted by Crippen LogP contribution is -2.29. The van der Waals surface area contributed by atoms with Crippen molar-refractivity contribution in [3.05, 3.63) is 34.3 Å². The molecule has 0 radical (unpaired) electrons. The maximum Gasteiger partial charge on any atom is 0.0802 e. The molecule has 0 aliphatic rings. The summed E-state index contributed by atoms with van der Waals surface area (Å²) in [5.74, 6) is 0. The van der Waals surface area contributed by atoms with Gasteiger partial charge in [-0.15, -0.1) is 0 Å². The van der Waals surface area contributed by atoms with Crippen molar-refractivity contribution in [1.29, 1.82) is 0 Å². The van der Waals surface area contributed by atoms with Gasteiger partial charge in [0.25, 0.3) is 0 Å². The highest BCUT2D eigenvalue weighted by Gasteiger charge is 2.24. The zero-order chi connectivity index (χ0) is 16.6. The van der Waals surface area contributed by atoms with Gasteiger partial charge in [0.1, 0.15) is 0 Å². The molecule has 0 bridgehead atoms. The van der Waals surface area contributed by atoms with Crippen molar-refractivity contribution in [2.24, 2.45) is 5.73 Å². The topological polar surface area (TPSA) is 66.5 Å². The Bertz CT molecular complexity index is 445. The first-order valence-corrected chi connectivity index (χ1v) is 8.71. The van der Waals surface area contributed by atoms with E-state index in [1.54, 1.807) is 6.07 Å². The lowest BCUT2D eigenvalue weighted by atomic mass is 9.86. The Labute approximate surface area is 139 Å². The highest BCUT2D eigenvalue weighted by molar-refractivity contribution is 6.30. The molecule has 0 aliphatic carbocycles. The van der Waals surface area contributed by atoms with Crippen LogP contribution in [0.5, 0.6) is 0 Å². The fourth-order valence-electron chi connectivity index (χ4n) is 3.02. The van der Waals surface area contributed by atoms with Crippen LogP contribution in [0.2, 0.25) is 5.02 Å². The van der Waals surface area contributed by atoms with E-state index >= 15 is 0 Å². The van der Waals surface area contributed by atoms with Gasteiger partial charge in [-0.1, -0.05) is 44.4 Å². The predicted molar refractivity (Wildman–Crippen MR) is 93.2 cm³/mol. The van der Waals surface area contributed by atoms with Crippen LogP contribution < -0.4 is 5.73 Å². The van der Waals surface area contributed by atoms with E-state index in [9.17, 15) is 10.2 Å². The van der Waals surface area contributed by atoms with Crippen molar-refractivity contribution >= 4 is 11.6 Å². The third kappa shape index (κ3) is 6.25. The molecule has 0 aliphatic heterocycles. The minimum atomic E-state index is -0.595. The number of nitrogens with two attached hydrogens (primary N) is 1. The Morgan fingerprint density at radius 2 is 1.77 bits per heavy atom. The molecule has 1 unspecified atom stereocenters. The van der Waals surface area contributed by atoms with Crippen molar-refractivity contribution in [3.63, 3.8) is 0 Å². The number of hydrogen-bond acceptors (Lipinski definition) is 3. The Hall–Kier alpha value is -0.610. The summed E-state index contributed by atoms with van der Waals surface area (Å²) < 4.78 is 0. The van der Waals surface area contributed by atoms with Crippen molar-refractivity contribution in [2.75, 3.05) is 6.54 Å². The minimum absolute atomic E-state index is 0.440. The standard InChI is InChI=1S/C18H30ClNO2/c1-3-7-18(22,8-4-2)9-5-14-11-15(13-16(19)12-14)17(21)6-10-20/h11-13,17,21-22H,3-10,20H2,1-2H3. The number of halogens is 1. The SMILES string of the molecule is CCCC(O)(CCC)CCc1cc(Cl)cc(C(O)CCN)c1. The molecule has 1 atom stereocenters. The summed E-state index contributed by atoms with van der Waals surface area (Å²) >= 11 is 6.16. The van der Waals surface area contributed by atoms with Crippen LogP contribution in [0.15, 0.2) is 18.2 Å². The molecule has 0 saturated heterocycles. The number of rotatable bonds is 10. The molecule has 1 rings (SSSR count). The molecule has 22 heavy (non-hydrogen) atoms. The van der Waals surface area contributed by atoms with E-state index in [1.165, 1.54) is 0 Å². The zero-order valence-electron chi connectivity index (χ0n) is 13.8. The lowest BCUT2D eigenvalue weighted by molar-refractivity contribution is 0.0132. The van der Waals surface area contributed by atoms with Crippen molar-refractivity contribution in [3.8, 4) is 0 Å². The summed E-state index contributed by atoms with van der Waals surface area (Å²) in [7, 11) is 0. The molecule has 3 nitrogen and oxygen atoms in total. The smallest absolute Gasteiger partial charge is 0.0802 e. The Morgan fingerprint density at radius 3 is 2.32 bits per heavy atom.